The van der Waals surface area contributed by atoms with Crippen molar-refractivity contribution in [3.05, 3.63) is 0 Å². The number of guanidine groups is 1. The van der Waals surface area contributed by atoms with Crippen molar-refractivity contribution in [1.29, 1.82) is 0 Å². The van der Waals surface area contributed by atoms with Crippen LogP contribution in [-0.4, -0.2) is 88.5 Å². The molecule has 0 spiro atoms. The Morgan fingerprint density at radius 3 is 2.65 bits per heavy atom. The van der Waals surface area contributed by atoms with Crippen LogP contribution in [0.15, 0.2) is 4.99 Å². The van der Waals surface area contributed by atoms with Gasteiger partial charge in [-0.25, -0.2) is 0 Å². The molecule has 6 nitrogen and oxygen atoms in total. The third kappa shape index (κ3) is 8.71. The predicted octanol–water partition coefficient (Wildman–Crippen LogP) is 2.29. The Morgan fingerprint density at radius 1 is 1.27 bits per heavy atom. The van der Waals surface area contributed by atoms with Crippen molar-refractivity contribution in [3.63, 3.8) is 0 Å². The monoisotopic (exact) mass is 482 g/mol. The lowest BCUT2D eigenvalue weighted by molar-refractivity contribution is -0.0286. The molecular weight excluding hydrogens is 443 g/mol. The molecule has 2 rings (SSSR count). The van der Waals surface area contributed by atoms with Crippen molar-refractivity contribution >= 4 is 29.9 Å². The van der Waals surface area contributed by atoms with Crippen LogP contribution in [0, 0.1) is 11.8 Å². The average molecular weight is 482 g/mol. The maximum atomic E-state index is 5.93. The standard InChI is InChI=1S/C19H38N4O2.HI/c1-16(2)14-23-9-12-25-18(15-23)13-21-19(20-3)22(4)8-5-17-6-10-24-11-7-17;/h16-18H,5-15H2,1-4H3,(H,20,21);1H. The molecule has 7 heteroatoms. The summed E-state index contributed by atoms with van der Waals surface area (Å²) in [5, 5.41) is 3.50. The minimum Gasteiger partial charge on any atom is -0.381 e. The Balaban J connectivity index is 0.00000338. The molecule has 2 saturated heterocycles. The summed E-state index contributed by atoms with van der Waals surface area (Å²) in [6, 6.07) is 0. The fourth-order valence-corrected chi connectivity index (χ4v) is 3.69. The molecule has 1 unspecified atom stereocenters. The van der Waals surface area contributed by atoms with Gasteiger partial charge in [-0.2, -0.15) is 0 Å². The summed E-state index contributed by atoms with van der Waals surface area (Å²) in [6.07, 6.45) is 3.85. The Bertz CT molecular complexity index is 403. The first-order valence-electron chi connectivity index (χ1n) is 9.92. The summed E-state index contributed by atoms with van der Waals surface area (Å²) in [7, 11) is 3.99. The fraction of sp³-hybridized carbons (Fsp3) is 0.947. The molecule has 154 valence electrons. The second-order valence-corrected chi connectivity index (χ2v) is 7.84. The van der Waals surface area contributed by atoms with Gasteiger partial charge in [0.1, 0.15) is 0 Å². The zero-order chi connectivity index (χ0) is 18.1. The minimum absolute atomic E-state index is 0. The summed E-state index contributed by atoms with van der Waals surface area (Å²) < 4.78 is 11.4. The fourth-order valence-electron chi connectivity index (χ4n) is 3.69. The minimum atomic E-state index is 0. The van der Waals surface area contributed by atoms with Gasteiger partial charge in [0.2, 0.25) is 0 Å². The summed E-state index contributed by atoms with van der Waals surface area (Å²) in [5.41, 5.74) is 0. The van der Waals surface area contributed by atoms with E-state index >= 15 is 0 Å². The van der Waals surface area contributed by atoms with Crippen molar-refractivity contribution in [1.82, 2.24) is 15.1 Å². The topological polar surface area (TPSA) is 49.3 Å². The lowest BCUT2D eigenvalue weighted by atomic mass is 9.96. The molecule has 0 aromatic heterocycles. The van der Waals surface area contributed by atoms with E-state index in [1.54, 1.807) is 0 Å². The summed E-state index contributed by atoms with van der Waals surface area (Å²) in [6.45, 7) is 12.3. The molecular formula is C19H39IN4O2. The Labute approximate surface area is 177 Å². The van der Waals surface area contributed by atoms with Crippen LogP contribution in [0.5, 0.6) is 0 Å². The molecule has 1 N–H and O–H groups in total. The third-order valence-electron chi connectivity index (χ3n) is 5.12. The van der Waals surface area contributed by atoms with E-state index in [9.17, 15) is 0 Å². The molecule has 2 aliphatic heterocycles. The molecule has 0 aromatic carbocycles. The molecule has 1 atom stereocenters. The van der Waals surface area contributed by atoms with Gasteiger partial charge in [-0.15, -0.1) is 24.0 Å². The average Bonchev–Trinajstić information content (AvgIpc) is 2.61. The van der Waals surface area contributed by atoms with Gasteiger partial charge in [-0.05, 0) is 31.1 Å². The van der Waals surface area contributed by atoms with E-state index < -0.39 is 0 Å². The second kappa shape index (κ2) is 13.1. The Morgan fingerprint density at radius 2 is 2.00 bits per heavy atom. The van der Waals surface area contributed by atoms with Crippen LogP contribution in [0.1, 0.15) is 33.1 Å². The van der Waals surface area contributed by atoms with Gasteiger partial charge in [-0.3, -0.25) is 9.89 Å². The molecule has 0 radical (unpaired) electrons. The van der Waals surface area contributed by atoms with E-state index in [-0.39, 0.29) is 30.1 Å². The molecule has 0 saturated carbocycles. The second-order valence-electron chi connectivity index (χ2n) is 7.84. The molecule has 26 heavy (non-hydrogen) atoms. The van der Waals surface area contributed by atoms with Gasteiger partial charge in [0, 0.05) is 60.0 Å². The Kier molecular flexibility index (Phi) is 12.1. The van der Waals surface area contributed by atoms with Crippen LogP contribution < -0.4 is 5.32 Å². The molecule has 0 bridgehead atoms. The van der Waals surface area contributed by atoms with Gasteiger partial charge in [0.25, 0.3) is 0 Å². The van der Waals surface area contributed by atoms with Crippen LogP contribution in [0.2, 0.25) is 0 Å². The summed E-state index contributed by atoms with van der Waals surface area (Å²) in [5.74, 6) is 2.47. The van der Waals surface area contributed by atoms with Gasteiger partial charge >= 0.3 is 0 Å². The first-order chi connectivity index (χ1) is 12.1. The van der Waals surface area contributed by atoms with Crippen molar-refractivity contribution in [2.45, 2.75) is 39.2 Å². The van der Waals surface area contributed by atoms with E-state index in [2.05, 4.69) is 41.0 Å². The molecule has 2 aliphatic rings. The normalized spacial score (nSPS) is 23.0. The van der Waals surface area contributed by atoms with E-state index in [1.165, 1.54) is 19.3 Å². The van der Waals surface area contributed by atoms with Crippen molar-refractivity contribution in [2.75, 3.05) is 66.6 Å². The number of aliphatic imine (C=N–C) groups is 1. The van der Waals surface area contributed by atoms with Crippen LogP contribution in [0.25, 0.3) is 0 Å². The number of nitrogens with one attached hydrogen (secondary N) is 1. The van der Waals surface area contributed by atoms with E-state index in [0.717, 1.165) is 64.4 Å². The van der Waals surface area contributed by atoms with Crippen LogP contribution >= 0.6 is 24.0 Å². The van der Waals surface area contributed by atoms with Gasteiger partial charge < -0.3 is 19.7 Å². The van der Waals surface area contributed by atoms with Crippen LogP contribution in [-0.2, 0) is 9.47 Å². The number of hydrogen-bond acceptors (Lipinski definition) is 4. The summed E-state index contributed by atoms with van der Waals surface area (Å²) in [4.78, 5) is 9.19. The SMILES string of the molecule is CN=C(NCC1CN(CC(C)C)CCO1)N(C)CCC1CCOCC1.I. The van der Waals surface area contributed by atoms with E-state index in [1.807, 2.05) is 7.05 Å². The first kappa shape index (κ1) is 23.9. The quantitative estimate of drug-likeness (QED) is 0.343. The van der Waals surface area contributed by atoms with Crippen molar-refractivity contribution < 1.29 is 9.47 Å². The lowest BCUT2D eigenvalue weighted by Gasteiger charge is -2.34. The summed E-state index contributed by atoms with van der Waals surface area (Å²) >= 11 is 0. The molecule has 2 fully saturated rings. The van der Waals surface area contributed by atoms with Gasteiger partial charge in [-0.1, -0.05) is 13.8 Å². The maximum Gasteiger partial charge on any atom is 0.193 e. The molecule has 2 heterocycles. The van der Waals surface area contributed by atoms with Gasteiger partial charge in [0.05, 0.1) is 12.7 Å². The smallest absolute Gasteiger partial charge is 0.193 e. The number of rotatable bonds is 7. The van der Waals surface area contributed by atoms with Crippen molar-refractivity contribution in [2.24, 2.45) is 16.8 Å². The highest BCUT2D eigenvalue weighted by Crippen LogP contribution is 2.18. The van der Waals surface area contributed by atoms with Crippen LogP contribution in [0.3, 0.4) is 0 Å². The largest absolute Gasteiger partial charge is 0.381 e. The highest BCUT2D eigenvalue weighted by Gasteiger charge is 2.22. The van der Waals surface area contributed by atoms with Crippen molar-refractivity contribution in [3.8, 4) is 0 Å². The zero-order valence-electron chi connectivity index (χ0n) is 17.1. The third-order valence-corrected chi connectivity index (χ3v) is 5.12. The molecule has 0 aromatic rings. The number of morpholine rings is 1. The number of nitrogens with zero attached hydrogens (tertiary/aromatic N) is 3. The molecule has 0 aliphatic carbocycles. The maximum absolute atomic E-state index is 5.93. The number of hydrogen-bond donors (Lipinski definition) is 1. The van der Waals surface area contributed by atoms with E-state index in [0.29, 0.717) is 5.92 Å². The highest BCUT2D eigenvalue weighted by molar-refractivity contribution is 14.0. The Hall–Kier alpha value is -0.120. The molecule has 0 amide bonds. The number of halogens is 1. The van der Waals surface area contributed by atoms with E-state index in [4.69, 9.17) is 9.47 Å². The highest BCUT2D eigenvalue weighted by atomic mass is 127. The van der Waals surface area contributed by atoms with Gasteiger partial charge in [0.15, 0.2) is 5.96 Å². The number of ether oxygens (including phenoxy) is 2. The first-order valence-corrected chi connectivity index (χ1v) is 9.92. The predicted molar refractivity (Wildman–Crippen MR) is 119 cm³/mol. The van der Waals surface area contributed by atoms with Crippen LogP contribution in [0.4, 0.5) is 0 Å². The lowest BCUT2D eigenvalue weighted by Crippen LogP contribution is -2.50. The zero-order valence-corrected chi connectivity index (χ0v) is 19.4.